The van der Waals surface area contributed by atoms with E-state index in [1.54, 1.807) is 11.0 Å². The summed E-state index contributed by atoms with van der Waals surface area (Å²) < 4.78 is 11.1. The number of anilines is 2. The summed E-state index contributed by atoms with van der Waals surface area (Å²) in [6, 6.07) is 3.66. The fraction of sp³-hybridized carbons (Fsp3) is 0.500. The summed E-state index contributed by atoms with van der Waals surface area (Å²) in [7, 11) is 1.83. The second-order valence-electron chi connectivity index (χ2n) is 5.15. The van der Waals surface area contributed by atoms with Crippen molar-refractivity contribution in [3.63, 3.8) is 0 Å². The summed E-state index contributed by atoms with van der Waals surface area (Å²) in [6.07, 6.45) is 0.927. The van der Waals surface area contributed by atoms with E-state index in [2.05, 4.69) is 0 Å². The van der Waals surface area contributed by atoms with Crippen LogP contribution in [0.15, 0.2) is 12.1 Å². The molecule has 2 N–H and O–H groups in total. The summed E-state index contributed by atoms with van der Waals surface area (Å²) in [4.78, 5) is 15.8. The van der Waals surface area contributed by atoms with E-state index < -0.39 is 0 Å². The maximum Gasteiger partial charge on any atom is 0.241 e. The van der Waals surface area contributed by atoms with Crippen LogP contribution < -0.4 is 20.1 Å². The second-order valence-corrected chi connectivity index (χ2v) is 5.15. The molecule has 3 rings (SSSR count). The maximum absolute atomic E-state index is 12.0. The topological polar surface area (TPSA) is 68.0 Å². The Labute approximate surface area is 118 Å². The number of nitrogens with zero attached hydrogens (tertiary/aromatic N) is 2. The first-order valence-corrected chi connectivity index (χ1v) is 6.83. The van der Waals surface area contributed by atoms with Gasteiger partial charge in [0.25, 0.3) is 0 Å². The highest BCUT2D eigenvalue weighted by Gasteiger charge is 2.23. The van der Waals surface area contributed by atoms with Crippen molar-refractivity contribution in [3.05, 3.63) is 12.1 Å². The predicted octanol–water partition coefficient (Wildman–Crippen LogP) is 0.708. The van der Waals surface area contributed by atoms with Crippen molar-refractivity contribution in [2.45, 2.75) is 6.42 Å². The molecule has 0 aromatic heterocycles. The number of amides is 1. The van der Waals surface area contributed by atoms with E-state index in [4.69, 9.17) is 15.2 Å². The molecule has 0 aliphatic carbocycles. The first-order chi connectivity index (χ1) is 9.65. The third-order valence-corrected chi connectivity index (χ3v) is 3.71. The summed E-state index contributed by atoms with van der Waals surface area (Å²) in [5, 5.41) is 0. The molecule has 0 spiro atoms. The molecule has 6 heteroatoms. The van der Waals surface area contributed by atoms with E-state index in [1.807, 2.05) is 18.0 Å². The normalized spacial score (nSPS) is 18.9. The van der Waals surface area contributed by atoms with Gasteiger partial charge in [-0.3, -0.25) is 4.79 Å². The van der Waals surface area contributed by atoms with Gasteiger partial charge in [0.15, 0.2) is 11.5 Å². The van der Waals surface area contributed by atoms with Crippen molar-refractivity contribution < 1.29 is 14.3 Å². The molecule has 2 aliphatic heterocycles. The molecule has 0 unspecified atom stereocenters. The van der Waals surface area contributed by atoms with Crippen LogP contribution in [0.4, 0.5) is 11.4 Å². The van der Waals surface area contributed by atoms with E-state index in [0.29, 0.717) is 36.9 Å². The van der Waals surface area contributed by atoms with Crippen LogP contribution in [0.25, 0.3) is 0 Å². The van der Waals surface area contributed by atoms with E-state index in [-0.39, 0.29) is 5.91 Å². The minimum Gasteiger partial charge on any atom is -0.486 e. The summed E-state index contributed by atoms with van der Waals surface area (Å²) in [5.41, 5.74) is 7.57. The second kappa shape index (κ2) is 5.11. The van der Waals surface area contributed by atoms with Crippen LogP contribution in [0.5, 0.6) is 11.5 Å². The number of carbonyl (C=O) groups excluding carboxylic acids is 1. The quantitative estimate of drug-likeness (QED) is 0.766. The minimum absolute atomic E-state index is 0.108. The number of hydrogen-bond donors (Lipinski definition) is 1. The third-order valence-electron chi connectivity index (χ3n) is 3.71. The molecule has 1 aromatic carbocycles. The number of benzene rings is 1. The number of fused-ring (bicyclic) bond motifs is 1. The van der Waals surface area contributed by atoms with Gasteiger partial charge < -0.3 is 25.0 Å². The lowest BCUT2D eigenvalue weighted by atomic mass is 10.2. The maximum atomic E-state index is 12.0. The third kappa shape index (κ3) is 2.33. The van der Waals surface area contributed by atoms with Crippen LogP contribution in [0.1, 0.15) is 6.42 Å². The van der Waals surface area contributed by atoms with Gasteiger partial charge in [-0.1, -0.05) is 0 Å². The fourth-order valence-corrected chi connectivity index (χ4v) is 2.56. The molecule has 0 radical (unpaired) electrons. The van der Waals surface area contributed by atoms with Crippen molar-refractivity contribution in [3.8, 4) is 11.5 Å². The SMILES string of the molecule is CN1CCCN(c2cc3c(cc2N)OCCO3)CC1=O. The van der Waals surface area contributed by atoms with Crippen molar-refractivity contribution >= 4 is 17.3 Å². The van der Waals surface area contributed by atoms with Gasteiger partial charge in [-0.05, 0) is 6.42 Å². The number of nitrogen functional groups attached to an aromatic ring is 1. The van der Waals surface area contributed by atoms with Gasteiger partial charge in [0.1, 0.15) is 13.2 Å². The highest BCUT2D eigenvalue weighted by molar-refractivity contribution is 5.84. The lowest BCUT2D eigenvalue weighted by molar-refractivity contribution is -0.127. The van der Waals surface area contributed by atoms with E-state index in [9.17, 15) is 4.79 Å². The Morgan fingerprint density at radius 1 is 1.15 bits per heavy atom. The molecule has 0 atom stereocenters. The van der Waals surface area contributed by atoms with Crippen LogP contribution in [0.3, 0.4) is 0 Å². The zero-order chi connectivity index (χ0) is 14.1. The standard InChI is InChI=1S/C14H19N3O3/c1-16-3-2-4-17(9-14(16)18)11-8-13-12(7-10(11)15)19-5-6-20-13/h7-8H,2-6,9,15H2,1H3. The van der Waals surface area contributed by atoms with Crippen molar-refractivity contribution in [1.29, 1.82) is 0 Å². The van der Waals surface area contributed by atoms with Gasteiger partial charge in [0.2, 0.25) is 5.91 Å². The van der Waals surface area contributed by atoms with Crippen LogP contribution in [0, 0.1) is 0 Å². The molecular weight excluding hydrogens is 258 g/mol. The van der Waals surface area contributed by atoms with E-state index in [0.717, 1.165) is 25.2 Å². The Kier molecular flexibility index (Phi) is 3.30. The molecule has 2 aliphatic rings. The van der Waals surface area contributed by atoms with Crippen LogP contribution in [-0.2, 0) is 4.79 Å². The average molecular weight is 277 g/mol. The number of likely N-dealkylation sites (N-methyl/N-ethyl adjacent to an activating group) is 1. The minimum atomic E-state index is 0.108. The highest BCUT2D eigenvalue weighted by Crippen LogP contribution is 2.38. The zero-order valence-electron chi connectivity index (χ0n) is 11.6. The van der Waals surface area contributed by atoms with Crippen LogP contribution >= 0.6 is 0 Å². The molecule has 1 fully saturated rings. The molecule has 0 bridgehead atoms. The molecule has 1 aromatic rings. The van der Waals surface area contributed by atoms with Crippen LogP contribution in [0.2, 0.25) is 0 Å². The van der Waals surface area contributed by atoms with Crippen molar-refractivity contribution in [2.75, 3.05) is 50.5 Å². The Morgan fingerprint density at radius 2 is 1.85 bits per heavy atom. The molecule has 108 valence electrons. The number of carbonyl (C=O) groups is 1. The molecule has 6 nitrogen and oxygen atoms in total. The van der Waals surface area contributed by atoms with Gasteiger partial charge in [0.05, 0.1) is 17.9 Å². The highest BCUT2D eigenvalue weighted by atomic mass is 16.6. The summed E-state index contributed by atoms with van der Waals surface area (Å²) >= 11 is 0. The van der Waals surface area contributed by atoms with E-state index in [1.165, 1.54) is 0 Å². The number of hydrogen-bond acceptors (Lipinski definition) is 5. The Morgan fingerprint density at radius 3 is 2.60 bits per heavy atom. The fourth-order valence-electron chi connectivity index (χ4n) is 2.56. The largest absolute Gasteiger partial charge is 0.486 e. The lowest BCUT2D eigenvalue weighted by Crippen LogP contribution is -2.34. The summed E-state index contributed by atoms with van der Waals surface area (Å²) in [5.74, 6) is 1.48. The number of rotatable bonds is 1. The predicted molar refractivity (Wildman–Crippen MR) is 76.3 cm³/mol. The van der Waals surface area contributed by atoms with Gasteiger partial charge in [-0.25, -0.2) is 0 Å². The molecule has 0 saturated carbocycles. The van der Waals surface area contributed by atoms with Gasteiger partial charge >= 0.3 is 0 Å². The number of nitrogens with two attached hydrogens (primary N) is 1. The average Bonchev–Trinajstić information content (AvgIpc) is 2.60. The molecule has 20 heavy (non-hydrogen) atoms. The molecular formula is C14H19N3O3. The lowest BCUT2D eigenvalue weighted by Gasteiger charge is -2.26. The molecule has 1 amide bonds. The summed E-state index contributed by atoms with van der Waals surface area (Å²) in [6.45, 7) is 3.01. The Bertz CT molecular complexity index is 533. The molecule has 1 saturated heterocycles. The zero-order valence-corrected chi connectivity index (χ0v) is 11.6. The van der Waals surface area contributed by atoms with Crippen molar-refractivity contribution in [1.82, 2.24) is 4.90 Å². The Hall–Kier alpha value is -2.11. The van der Waals surface area contributed by atoms with Crippen LogP contribution in [-0.4, -0.2) is 50.7 Å². The first kappa shape index (κ1) is 12.9. The van der Waals surface area contributed by atoms with Gasteiger partial charge in [0, 0.05) is 32.3 Å². The number of ether oxygens (including phenoxy) is 2. The van der Waals surface area contributed by atoms with Crippen molar-refractivity contribution in [2.24, 2.45) is 0 Å². The van der Waals surface area contributed by atoms with Gasteiger partial charge in [-0.2, -0.15) is 0 Å². The smallest absolute Gasteiger partial charge is 0.241 e. The molecule has 2 heterocycles. The van der Waals surface area contributed by atoms with E-state index >= 15 is 0 Å². The first-order valence-electron chi connectivity index (χ1n) is 6.83. The van der Waals surface area contributed by atoms with Gasteiger partial charge in [-0.15, -0.1) is 0 Å². The Balaban J connectivity index is 1.91. The monoisotopic (exact) mass is 277 g/mol.